The molecule has 1 aromatic rings. The third-order valence-corrected chi connectivity index (χ3v) is 5.45. The van der Waals surface area contributed by atoms with Crippen LogP contribution in [0.5, 0.6) is 0 Å². The molecule has 0 saturated carbocycles. The van der Waals surface area contributed by atoms with Gasteiger partial charge in [-0.2, -0.15) is 0 Å². The van der Waals surface area contributed by atoms with E-state index >= 15 is 0 Å². The summed E-state index contributed by atoms with van der Waals surface area (Å²) in [5, 5.41) is 2.72. The van der Waals surface area contributed by atoms with E-state index in [4.69, 9.17) is 4.74 Å². The number of benzene rings is 1. The zero-order valence-corrected chi connectivity index (χ0v) is 15.7. The Hall–Kier alpha value is -2.09. The number of nitrogens with one attached hydrogen (secondary N) is 1. The molecule has 0 spiro atoms. The Morgan fingerprint density at radius 2 is 2.08 bits per heavy atom. The molecule has 1 amide bonds. The molecular formula is C17H24N2O5S. The summed E-state index contributed by atoms with van der Waals surface area (Å²) in [6.45, 7) is 5.29. The number of anilines is 1. The summed E-state index contributed by atoms with van der Waals surface area (Å²) >= 11 is 0. The van der Waals surface area contributed by atoms with E-state index in [9.17, 15) is 18.0 Å². The Morgan fingerprint density at radius 3 is 2.68 bits per heavy atom. The van der Waals surface area contributed by atoms with Crippen LogP contribution in [0.15, 0.2) is 18.2 Å². The zero-order valence-electron chi connectivity index (χ0n) is 14.9. The van der Waals surface area contributed by atoms with E-state index in [2.05, 4.69) is 5.32 Å². The standard InChI is InChI=1S/C17H24N2O5S/c1-5-11(2)18-16(20)10-24-17(21)13-6-7-15-14(9-13)8-12(3)19(15)25(4,22)23/h6-7,9,11-12H,5,8,10H2,1-4H3,(H,18,20)/t11-,12+/m0/s1. The number of esters is 1. The molecular weight excluding hydrogens is 344 g/mol. The maximum Gasteiger partial charge on any atom is 0.338 e. The maximum absolute atomic E-state index is 12.1. The van der Waals surface area contributed by atoms with Crippen molar-refractivity contribution in [3.05, 3.63) is 29.3 Å². The number of carbonyl (C=O) groups is 2. The number of hydrogen-bond acceptors (Lipinski definition) is 5. The monoisotopic (exact) mass is 368 g/mol. The average Bonchev–Trinajstić information content (AvgIpc) is 2.87. The van der Waals surface area contributed by atoms with Crippen LogP contribution in [0.1, 0.15) is 43.1 Å². The quantitative estimate of drug-likeness (QED) is 0.768. The number of ether oxygens (including phenoxy) is 1. The lowest BCUT2D eigenvalue weighted by Gasteiger charge is -2.21. The zero-order chi connectivity index (χ0) is 18.8. The highest BCUT2D eigenvalue weighted by Gasteiger charge is 2.32. The van der Waals surface area contributed by atoms with Gasteiger partial charge in [-0.25, -0.2) is 13.2 Å². The lowest BCUT2D eigenvalue weighted by molar-refractivity contribution is -0.124. The van der Waals surface area contributed by atoms with Gasteiger partial charge in [0.25, 0.3) is 5.91 Å². The number of carbonyl (C=O) groups excluding carboxylic acids is 2. The highest BCUT2D eigenvalue weighted by atomic mass is 32.2. The highest BCUT2D eigenvalue weighted by molar-refractivity contribution is 7.92. The first-order valence-corrected chi connectivity index (χ1v) is 10.1. The fraction of sp³-hybridized carbons (Fsp3) is 0.529. The number of hydrogen-bond donors (Lipinski definition) is 1. The first kappa shape index (κ1) is 19.2. The molecule has 0 aromatic heterocycles. The minimum Gasteiger partial charge on any atom is -0.452 e. The molecule has 7 nitrogen and oxygen atoms in total. The molecule has 25 heavy (non-hydrogen) atoms. The molecule has 1 aliphatic rings. The molecule has 0 bridgehead atoms. The van der Waals surface area contributed by atoms with Gasteiger partial charge in [0.1, 0.15) is 0 Å². The highest BCUT2D eigenvalue weighted by Crippen LogP contribution is 2.34. The fourth-order valence-electron chi connectivity index (χ4n) is 2.87. The van der Waals surface area contributed by atoms with Crippen molar-refractivity contribution in [1.82, 2.24) is 5.32 Å². The van der Waals surface area contributed by atoms with Crippen LogP contribution in [0, 0.1) is 0 Å². The van der Waals surface area contributed by atoms with Gasteiger partial charge in [-0.15, -0.1) is 0 Å². The lowest BCUT2D eigenvalue weighted by Crippen LogP contribution is -2.35. The molecule has 0 fully saturated rings. The van der Waals surface area contributed by atoms with Crippen LogP contribution in [-0.4, -0.2) is 45.2 Å². The summed E-state index contributed by atoms with van der Waals surface area (Å²) in [4.78, 5) is 23.8. The molecule has 1 heterocycles. The molecule has 1 aliphatic heterocycles. The smallest absolute Gasteiger partial charge is 0.338 e. The summed E-state index contributed by atoms with van der Waals surface area (Å²) < 4.78 is 30.2. The van der Waals surface area contributed by atoms with Gasteiger partial charge in [-0.1, -0.05) is 6.92 Å². The van der Waals surface area contributed by atoms with Crippen molar-refractivity contribution in [3.63, 3.8) is 0 Å². The van der Waals surface area contributed by atoms with E-state index in [1.54, 1.807) is 12.1 Å². The van der Waals surface area contributed by atoms with Gasteiger partial charge in [0.15, 0.2) is 6.61 Å². The largest absolute Gasteiger partial charge is 0.452 e. The molecule has 8 heteroatoms. The predicted octanol–water partition coefficient (Wildman–Crippen LogP) is 1.47. The van der Waals surface area contributed by atoms with Crippen LogP contribution in [0.3, 0.4) is 0 Å². The third-order valence-electron chi connectivity index (χ3n) is 4.18. The number of fused-ring (bicyclic) bond motifs is 1. The van der Waals surface area contributed by atoms with E-state index in [0.29, 0.717) is 17.7 Å². The van der Waals surface area contributed by atoms with E-state index in [1.165, 1.54) is 10.4 Å². The Kier molecular flexibility index (Phi) is 5.72. The summed E-state index contributed by atoms with van der Waals surface area (Å²) in [6.07, 6.45) is 2.48. The summed E-state index contributed by atoms with van der Waals surface area (Å²) in [5.74, 6) is -0.951. The normalized spacial score (nSPS) is 17.8. The summed E-state index contributed by atoms with van der Waals surface area (Å²) in [5.41, 5.74) is 1.66. The molecule has 0 radical (unpaired) electrons. The van der Waals surface area contributed by atoms with Gasteiger partial charge in [0.2, 0.25) is 10.0 Å². The van der Waals surface area contributed by atoms with Crippen molar-refractivity contribution in [2.24, 2.45) is 0 Å². The number of rotatable bonds is 6. The van der Waals surface area contributed by atoms with Crippen molar-refractivity contribution >= 4 is 27.6 Å². The van der Waals surface area contributed by atoms with Crippen LogP contribution in [0.25, 0.3) is 0 Å². The van der Waals surface area contributed by atoms with Gasteiger partial charge in [0.05, 0.1) is 17.5 Å². The molecule has 0 saturated heterocycles. The van der Waals surface area contributed by atoms with Crippen LogP contribution in [-0.2, 0) is 26.0 Å². The summed E-state index contributed by atoms with van der Waals surface area (Å²) in [7, 11) is -3.37. The summed E-state index contributed by atoms with van der Waals surface area (Å²) in [6, 6.07) is 4.58. The van der Waals surface area contributed by atoms with Crippen LogP contribution < -0.4 is 9.62 Å². The maximum atomic E-state index is 12.1. The average molecular weight is 368 g/mol. The second-order valence-electron chi connectivity index (χ2n) is 6.41. The molecule has 2 rings (SSSR count). The first-order valence-electron chi connectivity index (χ1n) is 8.22. The predicted molar refractivity (Wildman–Crippen MR) is 95.1 cm³/mol. The number of sulfonamides is 1. The van der Waals surface area contributed by atoms with E-state index < -0.39 is 16.0 Å². The van der Waals surface area contributed by atoms with Crippen molar-refractivity contribution in [2.75, 3.05) is 17.2 Å². The number of nitrogens with zero attached hydrogens (tertiary/aromatic N) is 1. The second kappa shape index (κ2) is 7.43. The molecule has 1 aromatic carbocycles. The fourth-order valence-corrected chi connectivity index (χ4v) is 4.13. The van der Waals surface area contributed by atoms with Crippen molar-refractivity contribution in [2.45, 2.75) is 45.7 Å². The molecule has 0 aliphatic carbocycles. The topological polar surface area (TPSA) is 92.8 Å². The Labute approximate surface area is 148 Å². The van der Waals surface area contributed by atoms with Gasteiger partial charge in [-0.3, -0.25) is 9.10 Å². The number of amides is 1. The third kappa shape index (κ3) is 4.50. The van der Waals surface area contributed by atoms with E-state index in [-0.39, 0.29) is 24.6 Å². The molecule has 1 N–H and O–H groups in total. The Bertz CT molecular complexity index is 775. The van der Waals surface area contributed by atoms with Crippen molar-refractivity contribution in [3.8, 4) is 0 Å². The van der Waals surface area contributed by atoms with Gasteiger partial charge < -0.3 is 10.1 Å². The Morgan fingerprint density at radius 1 is 1.40 bits per heavy atom. The van der Waals surface area contributed by atoms with Crippen molar-refractivity contribution < 1.29 is 22.7 Å². The van der Waals surface area contributed by atoms with Crippen LogP contribution >= 0.6 is 0 Å². The van der Waals surface area contributed by atoms with Gasteiger partial charge in [0, 0.05) is 12.1 Å². The van der Waals surface area contributed by atoms with Crippen LogP contribution in [0.2, 0.25) is 0 Å². The molecule has 138 valence electrons. The minimum atomic E-state index is -3.37. The lowest BCUT2D eigenvalue weighted by atomic mass is 10.1. The second-order valence-corrected chi connectivity index (χ2v) is 8.27. The van der Waals surface area contributed by atoms with E-state index in [1.807, 2.05) is 20.8 Å². The van der Waals surface area contributed by atoms with Gasteiger partial charge >= 0.3 is 5.97 Å². The Balaban J connectivity index is 2.07. The van der Waals surface area contributed by atoms with E-state index in [0.717, 1.165) is 18.2 Å². The minimum absolute atomic E-state index is 0.0228. The van der Waals surface area contributed by atoms with Gasteiger partial charge in [-0.05, 0) is 50.5 Å². The SMILES string of the molecule is CC[C@H](C)NC(=O)COC(=O)c1ccc2c(c1)C[C@@H](C)N2S(C)(=O)=O. The van der Waals surface area contributed by atoms with Crippen LogP contribution in [0.4, 0.5) is 5.69 Å². The first-order chi connectivity index (χ1) is 11.6. The molecule has 2 atom stereocenters. The molecule has 0 unspecified atom stereocenters. The van der Waals surface area contributed by atoms with Crippen molar-refractivity contribution in [1.29, 1.82) is 0 Å².